The van der Waals surface area contributed by atoms with Crippen molar-refractivity contribution < 1.29 is 70.4 Å². The molecule has 2 saturated heterocycles. The summed E-state index contributed by atoms with van der Waals surface area (Å²) in [5.74, 6) is -1.96. The zero-order chi connectivity index (χ0) is 29.6. The number of rotatable bonds is 7. The minimum atomic E-state index is -2.22. The second kappa shape index (κ2) is 13.7. The van der Waals surface area contributed by atoms with Crippen LogP contribution in [0.25, 0.3) is 12.2 Å². The van der Waals surface area contributed by atoms with Crippen molar-refractivity contribution in [1.29, 1.82) is 0 Å². The predicted octanol–water partition coefficient (Wildman–Crippen LogP) is -2.42. The second-order valence-corrected chi connectivity index (χ2v) is 9.27. The third kappa shape index (κ3) is 7.25. The van der Waals surface area contributed by atoms with Crippen LogP contribution in [0.1, 0.15) is 11.1 Å². The first-order chi connectivity index (χ1) is 18.9. The van der Waals surface area contributed by atoms with Crippen molar-refractivity contribution in [3.63, 3.8) is 0 Å². The number of phenols is 3. The van der Waals surface area contributed by atoms with E-state index in [9.17, 15) is 40.9 Å². The standard InChI is InChI=1S/C14H12O3.C12H22O11/c15-12-5-3-10(4-6-12)1-2-11-7-13(16)9-14(17)8-11;13-1-4-6(16)8(18)9(19)11(21-4)23-12(3-15)10(20)7(17)5(2-14)22-12/h1-9,15-17H;4-11,13-20H,1-3H2/b2-1+;/t;4-,5-,6-,7-,8+,9-,10+,11-,12+/m.1/s1. The molecule has 9 atom stereocenters. The van der Waals surface area contributed by atoms with E-state index in [0.717, 1.165) is 5.56 Å². The van der Waals surface area contributed by atoms with Gasteiger partial charge < -0.3 is 70.4 Å². The second-order valence-electron chi connectivity index (χ2n) is 9.27. The first-order valence-corrected chi connectivity index (χ1v) is 12.2. The Bertz CT molecular complexity index is 1090. The summed E-state index contributed by atoms with van der Waals surface area (Å²) < 4.78 is 15.4. The van der Waals surface area contributed by atoms with Crippen LogP contribution >= 0.6 is 0 Å². The van der Waals surface area contributed by atoms with Crippen molar-refractivity contribution in [2.45, 2.75) is 54.8 Å². The molecule has 0 radical (unpaired) electrons. The Hall–Kier alpha value is -2.86. The van der Waals surface area contributed by atoms with Gasteiger partial charge in [-0.15, -0.1) is 0 Å². The van der Waals surface area contributed by atoms with E-state index < -0.39 is 74.6 Å². The molecule has 0 aromatic heterocycles. The number of hydrogen-bond acceptors (Lipinski definition) is 14. The Balaban J connectivity index is 0.000000230. The van der Waals surface area contributed by atoms with Crippen LogP contribution in [0.15, 0.2) is 42.5 Å². The van der Waals surface area contributed by atoms with Crippen LogP contribution in [0.4, 0.5) is 0 Å². The SMILES string of the molecule is OC[C@H]1O[C@@](CO)(O[C@H]2O[C@H](CO)[C@@H](O)[C@H](O)[C@H]2O)[C@@H](O)[C@@H]1O.Oc1ccc(/C=C/c2cc(O)cc(O)c2)cc1. The molecule has 0 bridgehead atoms. The number of aliphatic hydroxyl groups excluding tert-OH is 8. The normalized spacial score (nSPS) is 34.0. The maximum absolute atomic E-state index is 10.00. The summed E-state index contributed by atoms with van der Waals surface area (Å²) in [4.78, 5) is 0. The van der Waals surface area contributed by atoms with E-state index in [1.807, 2.05) is 6.08 Å². The zero-order valence-electron chi connectivity index (χ0n) is 21.1. The van der Waals surface area contributed by atoms with Crippen molar-refractivity contribution >= 4 is 12.2 Å². The largest absolute Gasteiger partial charge is 0.508 e. The van der Waals surface area contributed by atoms with Crippen LogP contribution in [0.3, 0.4) is 0 Å². The number of aliphatic hydroxyl groups is 8. The molecule has 2 heterocycles. The van der Waals surface area contributed by atoms with E-state index in [1.54, 1.807) is 42.5 Å². The fourth-order valence-electron chi connectivity index (χ4n) is 4.12. The highest BCUT2D eigenvalue weighted by atomic mass is 16.8. The fraction of sp³-hybridized carbons (Fsp3) is 0.462. The van der Waals surface area contributed by atoms with Crippen molar-refractivity contribution in [3.05, 3.63) is 53.6 Å². The summed E-state index contributed by atoms with van der Waals surface area (Å²) in [6.45, 7) is -2.32. The van der Waals surface area contributed by atoms with Gasteiger partial charge in [0.05, 0.1) is 13.2 Å². The lowest BCUT2D eigenvalue weighted by molar-refractivity contribution is -0.383. The van der Waals surface area contributed by atoms with Gasteiger partial charge in [0.15, 0.2) is 6.29 Å². The Kier molecular flexibility index (Phi) is 10.8. The first kappa shape index (κ1) is 31.7. The van der Waals surface area contributed by atoms with Crippen LogP contribution < -0.4 is 0 Å². The summed E-state index contributed by atoms with van der Waals surface area (Å²) >= 11 is 0. The lowest BCUT2D eigenvalue weighted by Gasteiger charge is -2.43. The molecule has 2 aliphatic heterocycles. The van der Waals surface area contributed by atoms with Gasteiger partial charge in [-0.1, -0.05) is 24.3 Å². The van der Waals surface area contributed by atoms with Crippen LogP contribution in [0.2, 0.25) is 0 Å². The molecule has 14 heteroatoms. The average molecular weight is 571 g/mol. The van der Waals surface area contributed by atoms with Gasteiger partial charge in [-0.25, -0.2) is 0 Å². The van der Waals surface area contributed by atoms with Crippen molar-refractivity contribution in [2.24, 2.45) is 0 Å². The molecule has 2 fully saturated rings. The monoisotopic (exact) mass is 570 g/mol. The van der Waals surface area contributed by atoms with Crippen LogP contribution in [0.5, 0.6) is 17.2 Å². The highest BCUT2D eigenvalue weighted by molar-refractivity contribution is 5.71. The van der Waals surface area contributed by atoms with Gasteiger partial charge in [0.25, 0.3) is 0 Å². The molecular weight excluding hydrogens is 536 g/mol. The maximum Gasteiger partial charge on any atom is 0.224 e. The fourth-order valence-corrected chi connectivity index (χ4v) is 4.12. The third-order valence-corrected chi connectivity index (χ3v) is 6.36. The summed E-state index contributed by atoms with van der Waals surface area (Å²) in [5.41, 5.74) is 1.63. The molecule has 222 valence electrons. The van der Waals surface area contributed by atoms with Gasteiger partial charge in [0.2, 0.25) is 5.79 Å². The molecule has 14 nitrogen and oxygen atoms in total. The Morgan fingerprint density at radius 3 is 1.77 bits per heavy atom. The number of benzene rings is 2. The van der Waals surface area contributed by atoms with Crippen molar-refractivity contribution in [1.82, 2.24) is 0 Å². The first-order valence-electron chi connectivity index (χ1n) is 12.2. The average Bonchev–Trinajstić information content (AvgIpc) is 3.18. The summed E-state index contributed by atoms with van der Waals surface area (Å²) in [6.07, 6.45) is -9.06. The van der Waals surface area contributed by atoms with E-state index in [4.69, 9.17) is 29.5 Å². The number of ether oxygens (including phenoxy) is 3. The molecule has 0 amide bonds. The summed E-state index contributed by atoms with van der Waals surface area (Å²) in [5, 5.41) is 104. The lowest BCUT2D eigenvalue weighted by atomic mass is 9.99. The minimum absolute atomic E-state index is 0.0235. The van der Waals surface area contributed by atoms with E-state index in [2.05, 4.69) is 0 Å². The molecule has 40 heavy (non-hydrogen) atoms. The van der Waals surface area contributed by atoms with Crippen molar-refractivity contribution in [2.75, 3.05) is 19.8 Å². The Morgan fingerprint density at radius 2 is 1.25 bits per heavy atom. The van der Waals surface area contributed by atoms with Crippen LogP contribution in [-0.4, -0.2) is 131 Å². The molecule has 2 aromatic carbocycles. The topological polar surface area (TPSA) is 250 Å². The summed E-state index contributed by atoms with van der Waals surface area (Å²) in [7, 11) is 0. The van der Waals surface area contributed by atoms with Gasteiger partial charge in [-0.05, 0) is 35.4 Å². The van der Waals surface area contributed by atoms with Gasteiger partial charge in [-0.3, -0.25) is 0 Å². The molecule has 0 spiro atoms. The van der Waals surface area contributed by atoms with Crippen LogP contribution in [0, 0.1) is 0 Å². The maximum atomic E-state index is 10.00. The minimum Gasteiger partial charge on any atom is -0.508 e. The van der Waals surface area contributed by atoms with Gasteiger partial charge in [0, 0.05) is 6.07 Å². The number of hydrogen-bond donors (Lipinski definition) is 11. The molecule has 11 N–H and O–H groups in total. The van der Waals surface area contributed by atoms with Gasteiger partial charge in [0.1, 0.15) is 66.6 Å². The third-order valence-electron chi connectivity index (χ3n) is 6.36. The van der Waals surface area contributed by atoms with Gasteiger partial charge in [-0.2, -0.15) is 0 Å². The van der Waals surface area contributed by atoms with Crippen LogP contribution in [-0.2, 0) is 14.2 Å². The van der Waals surface area contributed by atoms with E-state index >= 15 is 0 Å². The molecule has 2 aromatic rings. The van der Waals surface area contributed by atoms with E-state index in [0.29, 0.717) is 5.56 Å². The zero-order valence-corrected chi connectivity index (χ0v) is 21.1. The lowest BCUT2D eigenvalue weighted by Crippen LogP contribution is -2.62. The van der Waals surface area contributed by atoms with E-state index in [1.165, 1.54) is 6.07 Å². The number of phenolic OH excluding ortho intramolecular Hbond substituents is 3. The van der Waals surface area contributed by atoms with Gasteiger partial charge >= 0.3 is 0 Å². The Morgan fingerprint density at radius 1 is 0.675 bits per heavy atom. The predicted molar refractivity (Wildman–Crippen MR) is 135 cm³/mol. The smallest absolute Gasteiger partial charge is 0.224 e. The highest BCUT2D eigenvalue weighted by Gasteiger charge is 2.58. The molecule has 0 saturated carbocycles. The number of aromatic hydroxyl groups is 3. The Labute approximate surface area is 228 Å². The molecule has 4 rings (SSSR count). The highest BCUT2D eigenvalue weighted by Crippen LogP contribution is 2.36. The van der Waals surface area contributed by atoms with Crippen molar-refractivity contribution in [3.8, 4) is 17.2 Å². The molecule has 2 aliphatic rings. The molecule has 0 aliphatic carbocycles. The molecular formula is C26H34O14. The van der Waals surface area contributed by atoms with E-state index in [-0.39, 0.29) is 17.2 Å². The molecule has 0 unspecified atom stereocenters. The summed E-state index contributed by atoms with van der Waals surface area (Å²) in [6, 6.07) is 11.1. The quantitative estimate of drug-likeness (QED) is 0.155.